The van der Waals surface area contributed by atoms with Crippen LogP contribution in [0.4, 0.5) is 5.00 Å². The molecule has 2 N–H and O–H groups in total. The van der Waals surface area contributed by atoms with Crippen LogP contribution in [-0.2, 0) is 24.2 Å². The Morgan fingerprint density at radius 1 is 1.38 bits per heavy atom. The number of thiophene rings is 1. The monoisotopic (exact) mass is 297 g/mol. The molecule has 1 aromatic heterocycles. The Morgan fingerprint density at radius 2 is 2.14 bits per heavy atom. The molecule has 0 aliphatic carbocycles. The Bertz CT molecular complexity index is 715. The van der Waals surface area contributed by atoms with E-state index in [1.165, 1.54) is 11.3 Å². The Kier molecular flexibility index (Phi) is 3.63. The van der Waals surface area contributed by atoms with E-state index in [4.69, 9.17) is 11.0 Å². The lowest BCUT2D eigenvalue weighted by Crippen LogP contribution is -2.36. The van der Waals surface area contributed by atoms with Crippen molar-refractivity contribution in [1.82, 2.24) is 4.90 Å². The van der Waals surface area contributed by atoms with Crippen molar-refractivity contribution in [3.05, 3.63) is 51.9 Å². The molecule has 3 rings (SSSR count). The third-order valence-corrected chi connectivity index (χ3v) is 4.79. The van der Waals surface area contributed by atoms with Crippen LogP contribution in [0.3, 0.4) is 0 Å². The first-order chi connectivity index (χ1) is 10.2. The molecule has 0 fully saturated rings. The van der Waals surface area contributed by atoms with Crippen LogP contribution in [0.2, 0.25) is 0 Å². The first kappa shape index (κ1) is 13.7. The molecular formula is C16H15N3OS. The van der Waals surface area contributed by atoms with Crippen LogP contribution < -0.4 is 5.73 Å². The van der Waals surface area contributed by atoms with Gasteiger partial charge in [0.15, 0.2) is 0 Å². The Balaban J connectivity index is 1.75. The third kappa shape index (κ3) is 2.63. The van der Waals surface area contributed by atoms with Crippen molar-refractivity contribution >= 4 is 22.2 Å². The number of carbonyl (C=O) groups excluding carboxylic acids is 1. The Morgan fingerprint density at radius 3 is 2.86 bits per heavy atom. The lowest BCUT2D eigenvalue weighted by molar-refractivity contribution is -0.131. The molecule has 1 aromatic carbocycles. The summed E-state index contributed by atoms with van der Waals surface area (Å²) >= 11 is 1.43. The summed E-state index contributed by atoms with van der Waals surface area (Å²) in [6, 6.07) is 11.9. The molecule has 5 heteroatoms. The Hall–Kier alpha value is -2.32. The van der Waals surface area contributed by atoms with Crippen LogP contribution in [0.5, 0.6) is 0 Å². The maximum atomic E-state index is 12.4. The molecule has 0 spiro atoms. The van der Waals surface area contributed by atoms with Crippen LogP contribution >= 0.6 is 11.3 Å². The number of benzene rings is 1. The van der Waals surface area contributed by atoms with Gasteiger partial charge in [-0.3, -0.25) is 4.79 Å². The molecular weight excluding hydrogens is 282 g/mol. The minimum Gasteiger partial charge on any atom is -0.389 e. The van der Waals surface area contributed by atoms with Gasteiger partial charge < -0.3 is 10.6 Å². The van der Waals surface area contributed by atoms with Crippen LogP contribution in [0.15, 0.2) is 30.3 Å². The van der Waals surface area contributed by atoms with Crippen LogP contribution in [-0.4, -0.2) is 17.4 Å². The number of hydrogen-bond acceptors (Lipinski definition) is 4. The SMILES string of the molecule is N#Cc1c(N)sc2c1CCN(C(=O)Cc1ccccc1)C2. The summed E-state index contributed by atoms with van der Waals surface area (Å²) in [6.07, 6.45) is 1.13. The fraction of sp³-hybridized carbons (Fsp3) is 0.250. The first-order valence-corrected chi connectivity index (χ1v) is 7.62. The van der Waals surface area contributed by atoms with E-state index in [9.17, 15) is 4.79 Å². The van der Waals surface area contributed by atoms with E-state index in [-0.39, 0.29) is 5.91 Å². The minimum absolute atomic E-state index is 0.123. The molecule has 1 aliphatic rings. The summed E-state index contributed by atoms with van der Waals surface area (Å²) in [5, 5.41) is 9.70. The number of fused-ring (bicyclic) bond motifs is 1. The van der Waals surface area contributed by atoms with Gasteiger partial charge in [0.05, 0.1) is 18.5 Å². The molecule has 21 heavy (non-hydrogen) atoms. The van der Waals surface area contributed by atoms with Gasteiger partial charge in [0.1, 0.15) is 11.1 Å². The van der Waals surface area contributed by atoms with Gasteiger partial charge in [-0.2, -0.15) is 5.26 Å². The average molecular weight is 297 g/mol. The largest absolute Gasteiger partial charge is 0.389 e. The van der Waals surface area contributed by atoms with Crippen molar-refractivity contribution in [2.24, 2.45) is 0 Å². The molecule has 0 bridgehead atoms. The second kappa shape index (κ2) is 5.58. The first-order valence-electron chi connectivity index (χ1n) is 6.81. The summed E-state index contributed by atoms with van der Waals surface area (Å²) in [5.74, 6) is 0.123. The number of rotatable bonds is 2. The highest BCUT2D eigenvalue weighted by Gasteiger charge is 2.26. The van der Waals surface area contributed by atoms with Crippen LogP contribution in [0.1, 0.15) is 21.6 Å². The highest BCUT2D eigenvalue weighted by atomic mass is 32.1. The van der Waals surface area contributed by atoms with E-state index in [0.717, 1.165) is 16.0 Å². The maximum Gasteiger partial charge on any atom is 0.227 e. The van der Waals surface area contributed by atoms with Gasteiger partial charge in [-0.1, -0.05) is 30.3 Å². The van der Waals surface area contributed by atoms with Gasteiger partial charge >= 0.3 is 0 Å². The highest BCUT2D eigenvalue weighted by molar-refractivity contribution is 7.16. The standard InChI is InChI=1S/C16H15N3OS/c17-9-13-12-6-7-19(10-14(12)21-16(13)18)15(20)8-11-4-2-1-3-5-11/h1-5H,6-8,10,18H2. The van der Waals surface area contributed by atoms with Crippen LogP contribution in [0.25, 0.3) is 0 Å². The second-order valence-corrected chi connectivity index (χ2v) is 6.22. The van der Waals surface area contributed by atoms with Gasteiger partial charge in [-0.25, -0.2) is 0 Å². The molecule has 0 radical (unpaired) electrons. The molecule has 1 amide bonds. The number of nitrogen functional groups attached to an aromatic ring is 1. The van der Waals surface area contributed by atoms with Crippen molar-refractivity contribution in [3.8, 4) is 6.07 Å². The van der Waals surface area contributed by atoms with E-state index in [1.807, 2.05) is 35.2 Å². The fourth-order valence-electron chi connectivity index (χ4n) is 2.64. The molecule has 0 atom stereocenters. The van der Waals surface area contributed by atoms with Crippen molar-refractivity contribution in [2.75, 3.05) is 12.3 Å². The lowest BCUT2D eigenvalue weighted by atomic mass is 10.0. The zero-order chi connectivity index (χ0) is 14.8. The lowest BCUT2D eigenvalue weighted by Gasteiger charge is -2.27. The van der Waals surface area contributed by atoms with E-state index in [1.54, 1.807) is 0 Å². The Labute approximate surface area is 127 Å². The molecule has 2 aromatic rings. The van der Waals surface area contributed by atoms with Gasteiger partial charge in [-0.05, 0) is 17.5 Å². The second-order valence-electron chi connectivity index (χ2n) is 5.08. The number of carbonyl (C=O) groups is 1. The number of nitriles is 1. The van der Waals surface area contributed by atoms with Crippen molar-refractivity contribution in [2.45, 2.75) is 19.4 Å². The quantitative estimate of drug-likeness (QED) is 0.925. The smallest absolute Gasteiger partial charge is 0.227 e. The van der Waals surface area contributed by atoms with Crippen molar-refractivity contribution < 1.29 is 4.79 Å². The number of nitrogens with two attached hydrogens (primary N) is 1. The molecule has 106 valence electrons. The van der Waals surface area contributed by atoms with Gasteiger partial charge in [0, 0.05) is 11.4 Å². The summed E-state index contributed by atoms with van der Waals surface area (Å²) in [7, 11) is 0. The van der Waals surface area contributed by atoms with Crippen LogP contribution in [0, 0.1) is 11.3 Å². The highest BCUT2D eigenvalue weighted by Crippen LogP contribution is 2.34. The summed E-state index contributed by atoms with van der Waals surface area (Å²) in [4.78, 5) is 15.3. The van der Waals surface area contributed by atoms with Gasteiger partial charge in [-0.15, -0.1) is 11.3 Å². The normalized spacial score (nSPS) is 13.6. The summed E-state index contributed by atoms with van der Waals surface area (Å²) in [5.41, 5.74) is 8.53. The van der Waals surface area contributed by atoms with Crippen molar-refractivity contribution in [1.29, 1.82) is 5.26 Å². The van der Waals surface area contributed by atoms with Gasteiger partial charge in [0.2, 0.25) is 5.91 Å². The number of hydrogen-bond donors (Lipinski definition) is 1. The van der Waals surface area contributed by atoms with E-state index in [0.29, 0.717) is 36.5 Å². The molecule has 2 heterocycles. The zero-order valence-electron chi connectivity index (χ0n) is 11.5. The van der Waals surface area contributed by atoms with Gasteiger partial charge in [0.25, 0.3) is 0 Å². The summed E-state index contributed by atoms with van der Waals surface area (Å²) in [6.45, 7) is 1.22. The fourth-order valence-corrected chi connectivity index (χ4v) is 3.73. The summed E-state index contributed by atoms with van der Waals surface area (Å²) < 4.78 is 0. The number of amides is 1. The zero-order valence-corrected chi connectivity index (χ0v) is 12.3. The third-order valence-electron chi connectivity index (χ3n) is 3.75. The molecule has 4 nitrogen and oxygen atoms in total. The predicted molar refractivity (Wildman–Crippen MR) is 82.7 cm³/mol. The predicted octanol–water partition coefficient (Wildman–Crippen LogP) is 2.33. The average Bonchev–Trinajstić information content (AvgIpc) is 2.82. The minimum atomic E-state index is 0.123. The molecule has 0 saturated heterocycles. The van der Waals surface area contributed by atoms with E-state index < -0.39 is 0 Å². The number of anilines is 1. The van der Waals surface area contributed by atoms with E-state index in [2.05, 4.69) is 6.07 Å². The topological polar surface area (TPSA) is 70.1 Å². The maximum absolute atomic E-state index is 12.4. The van der Waals surface area contributed by atoms with E-state index >= 15 is 0 Å². The van der Waals surface area contributed by atoms with Crippen molar-refractivity contribution in [3.63, 3.8) is 0 Å². The molecule has 1 aliphatic heterocycles. The molecule has 0 saturated carbocycles. The number of nitrogens with zero attached hydrogens (tertiary/aromatic N) is 2. The molecule has 0 unspecified atom stereocenters.